The Kier molecular flexibility index (Phi) is 8.17. The van der Waals surface area contributed by atoms with E-state index in [1.165, 1.54) is 87.3 Å². The number of fused-ring (bicyclic) bond motifs is 19. The Morgan fingerprint density at radius 2 is 0.826 bits per heavy atom. The lowest BCUT2D eigenvalue weighted by Gasteiger charge is -2.40. The fourth-order valence-electron chi connectivity index (χ4n) is 12.7. The molecule has 15 rings (SSSR count). The molecule has 2 aliphatic heterocycles. The largest absolute Gasteiger partial charge is 0.457 e. The molecule has 2 heterocycles. The van der Waals surface area contributed by atoms with Crippen molar-refractivity contribution < 1.29 is 4.74 Å². The Morgan fingerprint density at radius 1 is 0.319 bits per heavy atom. The van der Waals surface area contributed by atoms with Crippen LogP contribution in [0.15, 0.2) is 259 Å². The maximum absolute atomic E-state index is 6.74. The lowest BCUT2D eigenvalue weighted by molar-refractivity contribution is 0.436. The first-order valence-corrected chi connectivity index (χ1v) is 24.6. The maximum atomic E-state index is 6.74. The fourth-order valence-corrected chi connectivity index (χ4v) is 13.8. The van der Waals surface area contributed by atoms with E-state index in [1.807, 2.05) is 11.8 Å². The summed E-state index contributed by atoms with van der Waals surface area (Å²) >= 11 is 1.89. The van der Waals surface area contributed by atoms with E-state index in [1.54, 1.807) is 0 Å². The molecule has 2 aliphatic carbocycles. The molecule has 0 unspecified atom stereocenters. The number of para-hydroxylation sites is 2. The van der Waals surface area contributed by atoms with Gasteiger partial charge in [-0.15, -0.1) is 0 Å². The predicted octanol–water partition coefficient (Wildman–Crippen LogP) is 17.3. The summed E-state index contributed by atoms with van der Waals surface area (Å²) in [6, 6.07) is 92.5. The van der Waals surface area contributed by atoms with Gasteiger partial charge in [0.1, 0.15) is 11.5 Å². The summed E-state index contributed by atoms with van der Waals surface area (Å²) in [5, 5.41) is 2.48. The second-order valence-corrected chi connectivity index (χ2v) is 19.7. The predicted molar refractivity (Wildman–Crippen MR) is 283 cm³/mol. The number of benzene rings is 11. The third-order valence-electron chi connectivity index (χ3n) is 15.4. The third-order valence-corrected chi connectivity index (χ3v) is 16.5. The zero-order valence-corrected chi connectivity index (χ0v) is 38.3. The first-order chi connectivity index (χ1) is 34.2. The zero-order chi connectivity index (χ0) is 45.3. The molecule has 4 aliphatic rings. The van der Waals surface area contributed by atoms with Crippen LogP contribution in [0.25, 0.3) is 44.2 Å². The van der Waals surface area contributed by atoms with Crippen LogP contribution in [0.4, 0.5) is 17.1 Å². The van der Waals surface area contributed by atoms with Gasteiger partial charge in [-0.25, -0.2) is 0 Å². The molecule has 0 N–H and O–H groups in total. The molecule has 11 aromatic rings. The van der Waals surface area contributed by atoms with E-state index in [2.05, 4.69) is 254 Å². The molecule has 3 heteroatoms. The number of hydrogen-bond donors (Lipinski definition) is 0. The number of nitrogens with zero attached hydrogens (tertiary/aromatic N) is 1. The number of ether oxygens (including phenoxy) is 1. The molecule has 0 amide bonds. The summed E-state index contributed by atoms with van der Waals surface area (Å²) in [5.41, 5.74) is 19.7. The summed E-state index contributed by atoms with van der Waals surface area (Å²) < 4.78 is 6.74. The quantitative estimate of drug-likeness (QED) is 0.175. The highest BCUT2D eigenvalue weighted by molar-refractivity contribution is 7.99. The molecule has 69 heavy (non-hydrogen) atoms. The molecule has 0 aromatic heterocycles. The van der Waals surface area contributed by atoms with Crippen LogP contribution in [-0.4, -0.2) is 0 Å². The number of rotatable bonds is 4. The number of hydrogen-bond acceptors (Lipinski definition) is 3. The second kappa shape index (κ2) is 14.6. The molecule has 0 atom stereocenters. The lowest BCUT2D eigenvalue weighted by Crippen LogP contribution is -2.32. The summed E-state index contributed by atoms with van der Waals surface area (Å²) in [7, 11) is 0. The van der Waals surface area contributed by atoms with E-state index in [9.17, 15) is 0 Å². The molecule has 0 saturated heterocycles. The van der Waals surface area contributed by atoms with Crippen LogP contribution >= 0.6 is 11.8 Å². The minimum atomic E-state index is -0.601. The molecule has 0 bridgehead atoms. The van der Waals surface area contributed by atoms with E-state index < -0.39 is 10.8 Å². The SMILES string of the molecule is c1ccc2c(c1)Oc1ccccc1C21c2ccccc2-c2c(N(c3ccc(-c4ccc5ccccc5c4)cc3)c3ccc4c(c3)C3(c5ccccc5Sc5ccccc53)c3ccccc3-4)cccc21. The first-order valence-electron chi connectivity index (χ1n) is 23.8. The molecule has 0 radical (unpaired) electrons. The van der Waals surface area contributed by atoms with Crippen molar-refractivity contribution in [3.63, 3.8) is 0 Å². The van der Waals surface area contributed by atoms with Gasteiger partial charge >= 0.3 is 0 Å². The van der Waals surface area contributed by atoms with Gasteiger partial charge in [-0.05, 0) is 133 Å². The molecule has 322 valence electrons. The molecular weight excluding hydrogens is 855 g/mol. The monoisotopic (exact) mass is 895 g/mol. The molecule has 0 fully saturated rings. The van der Waals surface area contributed by atoms with Gasteiger partial charge in [0.25, 0.3) is 0 Å². The Hall–Kier alpha value is -8.37. The third kappa shape index (κ3) is 5.23. The van der Waals surface area contributed by atoms with Crippen molar-refractivity contribution in [2.45, 2.75) is 20.6 Å². The second-order valence-electron chi connectivity index (χ2n) is 18.7. The van der Waals surface area contributed by atoms with Gasteiger partial charge in [-0.3, -0.25) is 0 Å². The van der Waals surface area contributed by atoms with E-state index in [0.29, 0.717) is 0 Å². The minimum Gasteiger partial charge on any atom is -0.457 e. The fraction of sp³-hybridized carbons (Fsp3) is 0.0303. The average Bonchev–Trinajstić information content (AvgIpc) is 3.87. The van der Waals surface area contributed by atoms with Crippen LogP contribution in [0.2, 0.25) is 0 Å². The zero-order valence-electron chi connectivity index (χ0n) is 37.4. The Balaban J connectivity index is 1.01. The highest BCUT2D eigenvalue weighted by Crippen LogP contribution is 2.66. The van der Waals surface area contributed by atoms with Gasteiger partial charge < -0.3 is 9.64 Å². The smallest absolute Gasteiger partial charge is 0.132 e. The van der Waals surface area contributed by atoms with Crippen molar-refractivity contribution >= 4 is 39.6 Å². The van der Waals surface area contributed by atoms with Gasteiger partial charge in [0.15, 0.2) is 0 Å². The first kappa shape index (κ1) is 38.7. The number of anilines is 3. The van der Waals surface area contributed by atoms with Crippen molar-refractivity contribution in [1.29, 1.82) is 0 Å². The van der Waals surface area contributed by atoms with Crippen molar-refractivity contribution in [3.05, 3.63) is 293 Å². The molecular formula is C66H41NOS. The van der Waals surface area contributed by atoms with E-state index in [0.717, 1.165) is 39.7 Å². The van der Waals surface area contributed by atoms with Crippen molar-refractivity contribution in [1.82, 2.24) is 0 Å². The average molecular weight is 896 g/mol. The van der Waals surface area contributed by atoms with Gasteiger partial charge in [0, 0.05) is 37.9 Å². The van der Waals surface area contributed by atoms with Crippen LogP contribution in [0, 0.1) is 0 Å². The van der Waals surface area contributed by atoms with Crippen molar-refractivity contribution in [2.24, 2.45) is 0 Å². The van der Waals surface area contributed by atoms with Gasteiger partial charge in [-0.1, -0.05) is 200 Å². The molecule has 11 aromatic carbocycles. The van der Waals surface area contributed by atoms with Crippen LogP contribution < -0.4 is 9.64 Å². The van der Waals surface area contributed by atoms with E-state index >= 15 is 0 Å². The topological polar surface area (TPSA) is 12.5 Å². The van der Waals surface area contributed by atoms with Crippen LogP contribution in [-0.2, 0) is 10.8 Å². The maximum Gasteiger partial charge on any atom is 0.132 e. The Labute approximate surface area is 405 Å². The Morgan fingerprint density at radius 3 is 1.54 bits per heavy atom. The van der Waals surface area contributed by atoms with Crippen LogP contribution in [0.5, 0.6) is 11.5 Å². The highest BCUT2D eigenvalue weighted by Gasteiger charge is 2.53. The van der Waals surface area contributed by atoms with Gasteiger partial charge in [0.05, 0.1) is 16.5 Å². The normalized spacial score (nSPS) is 14.4. The van der Waals surface area contributed by atoms with Crippen molar-refractivity contribution in [3.8, 4) is 44.9 Å². The summed E-state index contributed by atoms with van der Waals surface area (Å²) in [4.78, 5) is 5.12. The van der Waals surface area contributed by atoms with E-state index in [-0.39, 0.29) is 0 Å². The van der Waals surface area contributed by atoms with Gasteiger partial charge in [0.2, 0.25) is 0 Å². The molecule has 2 spiro atoms. The van der Waals surface area contributed by atoms with Crippen LogP contribution in [0.1, 0.15) is 44.5 Å². The van der Waals surface area contributed by atoms with Gasteiger partial charge in [-0.2, -0.15) is 0 Å². The summed E-state index contributed by atoms with van der Waals surface area (Å²) in [6.07, 6.45) is 0. The molecule has 0 saturated carbocycles. The van der Waals surface area contributed by atoms with Crippen molar-refractivity contribution in [2.75, 3.05) is 4.90 Å². The lowest BCUT2D eigenvalue weighted by atomic mass is 9.66. The summed E-state index contributed by atoms with van der Waals surface area (Å²) in [5.74, 6) is 1.78. The minimum absolute atomic E-state index is 0.517. The standard InChI is InChI=1S/C66H41NOS/c1-2-17-44-40-45(33-32-42(44)16-1)43-34-36-46(37-35-43)67(47-38-39-49-48-18-3-5-20-51(48)66(58(49)41-47)55-24-9-13-30-62(55)69-63-31-14-10-25-56(63)66)59-27-15-26-57-64(59)50-19-4-6-21-52(50)65(57)53-22-7-11-28-60(53)68-61-29-12-8-23-54(61)65/h1-41H. The van der Waals surface area contributed by atoms with Crippen LogP contribution in [0.3, 0.4) is 0 Å². The van der Waals surface area contributed by atoms with E-state index in [4.69, 9.17) is 4.74 Å². The molecule has 2 nitrogen and oxygen atoms in total. The summed E-state index contributed by atoms with van der Waals surface area (Å²) in [6.45, 7) is 0. The Bertz CT molecular complexity index is 3850. The highest BCUT2D eigenvalue weighted by atomic mass is 32.2.